The molecule has 2 aromatic carbocycles. The van der Waals surface area contributed by atoms with Crippen LogP contribution in [0.2, 0.25) is 0 Å². The first-order valence-corrected chi connectivity index (χ1v) is 8.75. The first-order chi connectivity index (χ1) is 12.9. The van der Waals surface area contributed by atoms with Crippen molar-refractivity contribution in [2.75, 3.05) is 20.8 Å². The van der Waals surface area contributed by atoms with Gasteiger partial charge in [0, 0.05) is 12.5 Å². The van der Waals surface area contributed by atoms with E-state index in [4.69, 9.17) is 14.6 Å². The number of nitrogens with one attached hydrogen (secondary N) is 1. The first-order valence-electron chi connectivity index (χ1n) is 8.75. The Labute approximate surface area is 159 Å². The molecule has 0 aliphatic rings. The highest BCUT2D eigenvalue weighted by molar-refractivity contribution is 5.87. The number of aromatic carboxylic acids is 1. The predicted molar refractivity (Wildman–Crippen MR) is 103 cm³/mol. The van der Waals surface area contributed by atoms with Crippen LogP contribution < -0.4 is 14.8 Å². The molecule has 0 heterocycles. The summed E-state index contributed by atoms with van der Waals surface area (Å²) in [4.78, 5) is 23.2. The van der Waals surface area contributed by atoms with E-state index in [9.17, 15) is 9.59 Å². The fraction of sp³-hybridized carbons (Fsp3) is 0.333. The Bertz CT molecular complexity index is 786. The number of rotatable bonds is 9. The second-order valence-electron chi connectivity index (χ2n) is 6.34. The van der Waals surface area contributed by atoms with Crippen LogP contribution in [0, 0.1) is 5.92 Å². The van der Waals surface area contributed by atoms with Crippen LogP contribution in [0.25, 0.3) is 0 Å². The van der Waals surface area contributed by atoms with E-state index >= 15 is 0 Å². The monoisotopic (exact) mass is 371 g/mol. The van der Waals surface area contributed by atoms with Gasteiger partial charge in [0.25, 0.3) is 0 Å². The fourth-order valence-electron chi connectivity index (χ4n) is 2.77. The lowest BCUT2D eigenvalue weighted by molar-refractivity contribution is -0.124. The summed E-state index contributed by atoms with van der Waals surface area (Å²) < 4.78 is 10.5. The number of methoxy groups -OCH3 is 2. The molecule has 2 rings (SSSR count). The molecule has 0 aromatic heterocycles. The lowest BCUT2D eigenvalue weighted by Gasteiger charge is -2.14. The smallest absolute Gasteiger partial charge is 0.335 e. The van der Waals surface area contributed by atoms with E-state index in [0.717, 1.165) is 11.1 Å². The maximum Gasteiger partial charge on any atom is 0.335 e. The number of carboxylic acids is 1. The van der Waals surface area contributed by atoms with Gasteiger partial charge in [0.2, 0.25) is 5.91 Å². The molecule has 0 saturated carbocycles. The summed E-state index contributed by atoms with van der Waals surface area (Å²) in [5, 5.41) is 11.8. The summed E-state index contributed by atoms with van der Waals surface area (Å²) in [6, 6.07) is 12.3. The summed E-state index contributed by atoms with van der Waals surface area (Å²) in [5.74, 6) is 0.156. The average Bonchev–Trinajstić information content (AvgIpc) is 2.68. The van der Waals surface area contributed by atoms with Crippen LogP contribution in [0.4, 0.5) is 0 Å². The predicted octanol–water partition coefficient (Wildman–Crippen LogP) is 2.94. The SMILES string of the molecule is COc1ccc(CC(C)C(=O)NCCc2ccc(C(=O)O)cc2)cc1OC. The molecule has 2 aromatic rings. The Hall–Kier alpha value is -3.02. The van der Waals surface area contributed by atoms with Crippen LogP contribution in [0.1, 0.15) is 28.4 Å². The van der Waals surface area contributed by atoms with Crippen LogP contribution >= 0.6 is 0 Å². The van der Waals surface area contributed by atoms with E-state index in [-0.39, 0.29) is 17.4 Å². The number of hydrogen-bond acceptors (Lipinski definition) is 4. The van der Waals surface area contributed by atoms with Crippen molar-refractivity contribution >= 4 is 11.9 Å². The molecule has 0 radical (unpaired) electrons. The van der Waals surface area contributed by atoms with E-state index in [1.165, 1.54) is 0 Å². The van der Waals surface area contributed by atoms with Gasteiger partial charge in [-0.15, -0.1) is 0 Å². The number of hydrogen-bond donors (Lipinski definition) is 2. The zero-order valence-corrected chi connectivity index (χ0v) is 15.8. The Balaban J connectivity index is 1.84. The average molecular weight is 371 g/mol. The van der Waals surface area contributed by atoms with E-state index in [0.29, 0.717) is 30.9 Å². The standard InChI is InChI=1S/C21H25NO5/c1-14(12-16-6-9-18(26-2)19(13-16)27-3)20(23)22-11-10-15-4-7-17(8-5-15)21(24)25/h4-9,13-14H,10-12H2,1-3H3,(H,22,23)(H,24,25). The molecule has 0 aliphatic carbocycles. The summed E-state index contributed by atoms with van der Waals surface area (Å²) in [6.45, 7) is 2.38. The highest BCUT2D eigenvalue weighted by Gasteiger charge is 2.14. The van der Waals surface area contributed by atoms with Crippen LogP contribution in [-0.2, 0) is 17.6 Å². The molecule has 0 bridgehead atoms. The van der Waals surface area contributed by atoms with Crippen LogP contribution in [0.3, 0.4) is 0 Å². The topological polar surface area (TPSA) is 84.9 Å². The van der Waals surface area contributed by atoms with Crippen LogP contribution in [0.5, 0.6) is 11.5 Å². The second kappa shape index (κ2) is 9.62. The van der Waals surface area contributed by atoms with Crippen molar-refractivity contribution in [3.8, 4) is 11.5 Å². The number of ether oxygens (including phenoxy) is 2. The van der Waals surface area contributed by atoms with Gasteiger partial charge in [-0.2, -0.15) is 0 Å². The van der Waals surface area contributed by atoms with Gasteiger partial charge < -0.3 is 19.9 Å². The third kappa shape index (κ3) is 5.74. The molecule has 1 unspecified atom stereocenters. The first kappa shape index (κ1) is 20.3. The number of carboxylic acid groups (broad SMARTS) is 1. The van der Waals surface area contributed by atoms with Gasteiger partial charge in [0.05, 0.1) is 19.8 Å². The Morgan fingerprint density at radius 2 is 1.63 bits per heavy atom. The highest BCUT2D eigenvalue weighted by atomic mass is 16.5. The van der Waals surface area contributed by atoms with Crippen molar-refractivity contribution in [1.29, 1.82) is 0 Å². The molecule has 6 nitrogen and oxygen atoms in total. The van der Waals surface area contributed by atoms with Gasteiger partial charge in [-0.05, 0) is 48.2 Å². The van der Waals surface area contributed by atoms with Gasteiger partial charge in [-0.25, -0.2) is 4.79 Å². The van der Waals surface area contributed by atoms with Crippen LogP contribution in [0.15, 0.2) is 42.5 Å². The molecule has 27 heavy (non-hydrogen) atoms. The van der Waals surface area contributed by atoms with Crippen molar-refractivity contribution in [3.05, 3.63) is 59.2 Å². The van der Waals surface area contributed by atoms with Gasteiger partial charge >= 0.3 is 5.97 Å². The van der Waals surface area contributed by atoms with Gasteiger partial charge in [-0.1, -0.05) is 25.1 Å². The quantitative estimate of drug-likeness (QED) is 0.708. The Morgan fingerprint density at radius 3 is 2.22 bits per heavy atom. The Morgan fingerprint density at radius 1 is 1.00 bits per heavy atom. The Kier molecular flexibility index (Phi) is 7.23. The lowest BCUT2D eigenvalue weighted by atomic mass is 10.00. The molecular formula is C21H25NO5. The molecule has 2 N–H and O–H groups in total. The van der Waals surface area contributed by atoms with Crippen molar-refractivity contribution < 1.29 is 24.2 Å². The van der Waals surface area contributed by atoms with Crippen molar-refractivity contribution in [3.63, 3.8) is 0 Å². The molecule has 144 valence electrons. The fourth-order valence-corrected chi connectivity index (χ4v) is 2.77. The third-order valence-corrected chi connectivity index (χ3v) is 4.35. The van der Waals surface area contributed by atoms with Crippen molar-refractivity contribution in [1.82, 2.24) is 5.32 Å². The van der Waals surface area contributed by atoms with Gasteiger partial charge in [0.1, 0.15) is 0 Å². The minimum absolute atomic E-state index is 0.0214. The van der Waals surface area contributed by atoms with E-state index in [1.54, 1.807) is 38.5 Å². The minimum Gasteiger partial charge on any atom is -0.493 e. The van der Waals surface area contributed by atoms with E-state index in [1.807, 2.05) is 25.1 Å². The zero-order valence-electron chi connectivity index (χ0n) is 15.8. The number of carbonyl (C=O) groups excluding carboxylic acids is 1. The van der Waals surface area contributed by atoms with Crippen molar-refractivity contribution in [2.45, 2.75) is 19.8 Å². The molecule has 1 atom stereocenters. The maximum atomic E-state index is 12.3. The highest BCUT2D eigenvalue weighted by Crippen LogP contribution is 2.28. The summed E-state index contributed by atoms with van der Waals surface area (Å²) >= 11 is 0. The van der Waals surface area contributed by atoms with Crippen molar-refractivity contribution in [2.24, 2.45) is 5.92 Å². The number of carbonyl (C=O) groups is 2. The van der Waals surface area contributed by atoms with Gasteiger partial charge in [0.15, 0.2) is 11.5 Å². The van der Waals surface area contributed by atoms with Gasteiger partial charge in [-0.3, -0.25) is 4.79 Å². The third-order valence-electron chi connectivity index (χ3n) is 4.35. The van der Waals surface area contributed by atoms with E-state index in [2.05, 4.69) is 5.32 Å². The molecule has 0 spiro atoms. The summed E-state index contributed by atoms with van der Waals surface area (Å²) in [7, 11) is 3.17. The number of amides is 1. The minimum atomic E-state index is -0.946. The molecule has 0 saturated heterocycles. The molecule has 6 heteroatoms. The molecular weight excluding hydrogens is 346 g/mol. The summed E-state index contributed by atoms with van der Waals surface area (Å²) in [5.41, 5.74) is 2.23. The second-order valence-corrected chi connectivity index (χ2v) is 6.34. The summed E-state index contributed by atoms with van der Waals surface area (Å²) in [6.07, 6.45) is 1.24. The number of benzene rings is 2. The normalized spacial score (nSPS) is 11.5. The molecule has 0 aliphatic heterocycles. The molecule has 1 amide bonds. The van der Waals surface area contributed by atoms with E-state index < -0.39 is 5.97 Å². The zero-order chi connectivity index (χ0) is 19.8. The molecule has 0 fully saturated rings. The largest absolute Gasteiger partial charge is 0.493 e. The maximum absolute atomic E-state index is 12.3. The lowest BCUT2D eigenvalue weighted by Crippen LogP contribution is -2.31. The van der Waals surface area contributed by atoms with Crippen LogP contribution in [-0.4, -0.2) is 37.7 Å².